The molecule has 3 aliphatic rings. The molecule has 0 aliphatic carbocycles. The molecular formula is C30H41FN6O2S. The summed E-state index contributed by atoms with van der Waals surface area (Å²) in [5.41, 5.74) is 2.65. The van der Waals surface area contributed by atoms with Crippen LogP contribution in [0, 0.1) is 11.7 Å². The van der Waals surface area contributed by atoms with Crippen molar-refractivity contribution in [2.75, 3.05) is 25.0 Å². The normalized spacial score (nSPS) is 22.1. The van der Waals surface area contributed by atoms with Crippen LogP contribution in [0.1, 0.15) is 69.7 Å². The number of aromatic nitrogens is 1. The van der Waals surface area contributed by atoms with E-state index in [1.807, 2.05) is 19.9 Å². The first-order valence-corrected chi connectivity index (χ1v) is 15.4. The Hall–Kier alpha value is -2.98. The molecule has 40 heavy (non-hydrogen) atoms. The van der Waals surface area contributed by atoms with Crippen molar-refractivity contribution in [2.24, 2.45) is 10.9 Å². The van der Waals surface area contributed by atoms with Crippen LogP contribution >= 0.6 is 11.3 Å². The van der Waals surface area contributed by atoms with Gasteiger partial charge in [-0.3, -0.25) is 9.69 Å². The van der Waals surface area contributed by atoms with Crippen LogP contribution in [0.5, 0.6) is 0 Å². The lowest BCUT2D eigenvalue weighted by Crippen LogP contribution is -2.42. The Balaban J connectivity index is 1.34. The lowest BCUT2D eigenvalue weighted by Gasteiger charge is -2.35. The number of halogens is 1. The standard InChI is InChI=1S/C30H41FN6O2S/c1-4-21-14-23(16-24(31)15-21)29-25(18-37-11-5-6-19(37)2)40-30(35-29)34-26-17-27(33-20(3)32-26)36-12-9-22(10-13-36)7-8-28(38)39/h14-17,19-20,22,32H,4-13,18H2,1-3H3,(H,34,35)(H,38,39)/t19-,20?/m1/s1. The zero-order chi connectivity index (χ0) is 28.2. The van der Waals surface area contributed by atoms with E-state index < -0.39 is 5.97 Å². The molecule has 2 atom stereocenters. The highest BCUT2D eigenvalue weighted by atomic mass is 32.1. The Labute approximate surface area is 240 Å². The highest BCUT2D eigenvalue weighted by Crippen LogP contribution is 2.35. The van der Waals surface area contributed by atoms with Gasteiger partial charge in [-0.15, -0.1) is 0 Å². The summed E-state index contributed by atoms with van der Waals surface area (Å²) in [7, 11) is 0. The Bertz CT molecular complexity index is 1270. The van der Waals surface area contributed by atoms with Gasteiger partial charge in [-0.25, -0.2) is 14.4 Å². The molecule has 1 aromatic heterocycles. The number of anilines is 1. The van der Waals surface area contributed by atoms with E-state index in [0.717, 1.165) is 90.3 Å². The van der Waals surface area contributed by atoms with E-state index in [2.05, 4.69) is 33.4 Å². The second-order valence-corrected chi connectivity index (χ2v) is 12.4. The number of carbonyl (C=O) groups is 1. The highest BCUT2D eigenvalue weighted by Gasteiger charge is 2.26. The minimum atomic E-state index is -0.718. The lowest BCUT2D eigenvalue weighted by atomic mass is 9.92. The molecule has 0 radical (unpaired) electrons. The zero-order valence-corrected chi connectivity index (χ0v) is 24.6. The quantitative estimate of drug-likeness (QED) is 0.359. The molecule has 3 N–H and O–H groups in total. The molecule has 0 saturated carbocycles. The number of likely N-dealkylation sites (tertiary alicyclic amines) is 2. The summed E-state index contributed by atoms with van der Waals surface area (Å²) in [5.74, 6) is 1.29. The van der Waals surface area contributed by atoms with Gasteiger partial charge in [0.15, 0.2) is 5.13 Å². The van der Waals surface area contributed by atoms with Crippen molar-refractivity contribution in [3.8, 4) is 11.3 Å². The minimum Gasteiger partial charge on any atom is -0.481 e. The molecule has 2 saturated heterocycles. The van der Waals surface area contributed by atoms with E-state index in [1.54, 1.807) is 23.5 Å². The fraction of sp³-hybridized carbons (Fsp3) is 0.567. The number of carboxylic acids is 1. The number of carboxylic acid groups (broad SMARTS) is 1. The van der Waals surface area contributed by atoms with Crippen LogP contribution < -0.4 is 10.6 Å². The van der Waals surface area contributed by atoms with Crippen molar-refractivity contribution < 1.29 is 14.3 Å². The third kappa shape index (κ3) is 7.01. The fourth-order valence-electron chi connectivity index (χ4n) is 5.94. The second kappa shape index (κ2) is 12.7. The zero-order valence-electron chi connectivity index (χ0n) is 23.8. The van der Waals surface area contributed by atoms with Crippen molar-refractivity contribution >= 4 is 28.3 Å². The van der Waals surface area contributed by atoms with Crippen LogP contribution in [0.25, 0.3) is 11.3 Å². The fourth-order valence-corrected chi connectivity index (χ4v) is 6.97. The first-order valence-electron chi connectivity index (χ1n) is 14.6. The number of aliphatic carboxylic acids is 1. The number of amidine groups is 1. The smallest absolute Gasteiger partial charge is 0.303 e. The predicted octanol–water partition coefficient (Wildman–Crippen LogP) is 5.67. The largest absolute Gasteiger partial charge is 0.481 e. The van der Waals surface area contributed by atoms with Crippen LogP contribution in [0.3, 0.4) is 0 Å². The molecule has 1 aromatic carbocycles. The predicted molar refractivity (Wildman–Crippen MR) is 159 cm³/mol. The van der Waals surface area contributed by atoms with Crippen molar-refractivity contribution in [3.05, 3.63) is 46.4 Å². The Morgan fingerprint density at radius 3 is 2.70 bits per heavy atom. The lowest BCUT2D eigenvalue weighted by molar-refractivity contribution is -0.137. The number of nitrogens with one attached hydrogen (secondary N) is 2. The molecule has 5 rings (SSSR count). The van der Waals surface area contributed by atoms with Gasteiger partial charge in [0.2, 0.25) is 0 Å². The molecule has 0 spiro atoms. The van der Waals surface area contributed by atoms with E-state index in [9.17, 15) is 9.18 Å². The number of piperidine rings is 1. The molecule has 8 nitrogen and oxygen atoms in total. The van der Waals surface area contributed by atoms with Gasteiger partial charge in [0.1, 0.15) is 23.6 Å². The third-order valence-electron chi connectivity index (χ3n) is 8.28. The summed E-state index contributed by atoms with van der Waals surface area (Å²) < 4.78 is 14.5. The van der Waals surface area contributed by atoms with Gasteiger partial charge in [-0.1, -0.05) is 18.3 Å². The van der Waals surface area contributed by atoms with Gasteiger partial charge in [0.05, 0.1) is 5.69 Å². The van der Waals surface area contributed by atoms with Crippen LogP contribution in [0.4, 0.5) is 9.52 Å². The van der Waals surface area contributed by atoms with E-state index in [-0.39, 0.29) is 18.4 Å². The number of hydrogen-bond donors (Lipinski definition) is 3. The summed E-state index contributed by atoms with van der Waals surface area (Å²) in [5, 5.41) is 16.7. The van der Waals surface area contributed by atoms with Gasteiger partial charge in [-0.05, 0) is 88.6 Å². The van der Waals surface area contributed by atoms with Crippen LogP contribution in [0.2, 0.25) is 0 Å². The molecular weight excluding hydrogens is 527 g/mol. The van der Waals surface area contributed by atoms with E-state index >= 15 is 0 Å². The SMILES string of the molecule is CCc1cc(F)cc(-c2nc(NC3=CC(N4CCC(CCC(=O)O)CC4)=NC(C)N3)sc2CN2CCC[C@H]2C)c1. The Morgan fingerprint density at radius 1 is 1.20 bits per heavy atom. The molecule has 4 heterocycles. The first-order chi connectivity index (χ1) is 19.3. The van der Waals surface area contributed by atoms with Crippen molar-refractivity contribution in [1.82, 2.24) is 20.1 Å². The number of thiazole rings is 1. The molecule has 0 amide bonds. The number of rotatable bonds is 9. The van der Waals surface area contributed by atoms with Gasteiger partial charge in [-0.2, -0.15) is 0 Å². The maximum absolute atomic E-state index is 14.5. The summed E-state index contributed by atoms with van der Waals surface area (Å²) in [6.07, 6.45) is 8.06. The number of nitrogens with zero attached hydrogens (tertiary/aromatic N) is 4. The second-order valence-electron chi connectivity index (χ2n) is 11.3. The molecule has 10 heteroatoms. The number of hydrogen-bond acceptors (Lipinski definition) is 8. The van der Waals surface area contributed by atoms with Gasteiger partial charge in [0.25, 0.3) is 0 Å². The van der Waals surface area contributed by atoms with Crippen molar-refractivity contribution in [2.45, 2.75) is 84.5 Å². The van der Waals surface area contributed by atoms with Gasteiger partial charge in [0, 0.05) is 48.6 Å². The summed E-state index contributed by atoms with van der Waals surface area (Å²) >= 11 is 1.63. The Kier molecular flexibility index (Phi) is 9.05. The maximum Gasteiger partial charge on any atom is 0.303 e. The average molecular weight is 569 g/mol. The van der Waals surface area contributed by atoms with E-state index in [0.29, 0.717) is 12.0 Å². The number of benzene rings is 1. The van der Waals surface area contributed by atoms with Gasteiger partial charge >= 0.3 is 5.97 Å². The molecule has 3 aliphatic heterocycles. The highest BCUT2D eigenvalue weighted by molar-refractivity contribution is 7.16. The third-order valence-corrected chi connectivity index (χ3v) is 9.24. The van der Waals surface area contributed by atoms with Crippen LogP contribution in [-0.4, -0.2) is 63.5 Å². The monoisotopic (exact) mass is 568 g/mol. The van der Waals surface area contributed by atoms with E-state index in [4.69, 9.17) is 15.1 Å². The first kappa shape index (κ1) is 28.5. The summed E-state index contributed by atoms with van der Waals surface area (Å²) in [6.45, 7) is 9.97. The topological polar surface area (TPSA) is 93.1 Å². The molecule has 216 valence electrons. The number of aliphatic imine (C=N–C) groups is 1. The summed E-state index contributed by atoms with van der Waals surface area (Å²) in [4.78, 5) is 26.7. The van der Waals surface area contributed by atoms with Gasteiger partial charge < -0.3 is 20.6 Å². The van der Waals surface area contributed by atoms with Crippen molar-refractivity contribution in [3.63, 3.8) is 0 Å². The maximum atomic E-state index is 14.5. The van der Waals surface area contributed by atoms with Crippen LogP contribution in [0.15, 0.2) is 35.1 Å². The average Bonchev–Trinajstić information content (AvgIpc) is 3.52. The molecule has 2 aromatic rings. The van der Waals surface area contributed by atoms with E-state index in [1.165, 1.54) is 12.8 Å². The number of aryl methyl sites for hydroxylation is 1. The molecule has 0 bridgehead atoms. The minimum absolute atomic E-state index is 0.0908. The summed E-state index contributed by atoms with van der Waals surface area (Å²) in [6, 6.07) is 5.79. The van der Waals surface area contributed by atoms with Crippen LogP contribution in [-0.2, 0) is 17.8 Å². The van der Waals surface area contributed by atoms with Crippen molar-refractivity contribution in [1.29, 1.82) is 0 Å². The molecule has 2 fully saturated rings. The molecule has 1 unspecified atom stereocenters. The Morgan fingerprint density at radius 2 is 2.00 bits per heavy atom.